The highest BCUT2D eigenvalue weighted by atomic mass is 16.1. The van der Waals surface area contributed by atoms with Gasteiger partial charge in [0.15, 0.2) is 5.78 Å². The first-order chi connectivity index (χ1) is 7.83. The van der Waals surface area contributed by atoms with Gasteiger partial charge in [-0.15, -0.1) is 0 Å². The van der Waals surface area contributed by atoms with Gasteiger partial charge < -0.3 is 0 Å². The van der Waals surface area contributed by atoms with E-state index in [9.17, 15) is 4.79 Å². The van der Waals surface area contributed by atoms with E-state index in [2.05, 4.69) is 24.3 Å². The maximum Gasteiger partial charge on any atom is 0.162 e. The van der Waals surface area contributed by atoms with Crippen molar-refractivity contribution < 1.29 is 4.79 Å². The molecule has 1 nitrogen and oxygen atoms in total. The van der Waals surface area contributed by atoms with Crippen molar-refractivity contribution in [3.05, 3.63) is 36.0 Å². The molecule has 1 saturated carbocycles. The van der Waals surface area contributed by atoms with Gasteiger partial charge in [0.2, 0.25) is 0 Å². The van der Waals surface area contributed by atoms with Crippen LogP contribution in [0.4, 0.5) is 0 Å². The lowest BCUT2D eigenvalue weighted by Gasteiger charge is -2.36. The Morgan fingerprint density at radius 2 is 2.19 bits per heavy atom. The van der Waals surface area contributed by atoms with Crippen LogP contribution in [0.1, 0.15) is 38.5 Å². The molecule has 0 aromatic heterocycles. The number of allylic oxidation sites excluding steroid dienone is 6. The summed E-state index contributed by atoms with van der Waals surface area (Å²) in [7, 11) is 0. The third kappa shape index (κ3) is 1.34. The lowest BCUT2D eigenvalue weighted by atomic mass is 9.65. The Hall–Kier alpha value is -1.11. The fraction of sp³-hybridized carbons (Fsp3) is 0.533. The summed E-state index contributed by atoms with van der Waals surface area (Å²) in [6.07, 6.45) is 17.4. The van der Waals surface area contributed by atoms with Gasteiger partial charge in [-0.3, -0.25) is 4.79 Å². The molecule has 0 saturated heterocycles. The summed E-state index contributed by atoms with van der Waals surface area (Å²) in [6, 6.07) is 0. The van der Waals surface area contributed by atoms with Gasteiger partial charge in [0.05, 0.1) is 0 Å². The number of hydrogen-bond acceptors (Lipinski definition) is 1. The Kier molecular flexibility index (Phi) is 2.34. The minimum absolute atomic E-state index is 0.0624. The monoisotopic (exact) mass is 214 g/mol. The van der Waals surface area contributed by atoms with E-state index in [1.807, 2.05) is 6.08 Å². The van der Waals surface area contributed by atoms with E-state index in [0.29, 0.717) is 11.7 Å². The van der Waals surface area contributed by atoms with Crippen LogP contribution in [-0.4, -0.2) is 5.78 Å². The summed E-state index contributed by atoms with van der Waals surface area (Å²) in [5.41, 5.74) is 1.46. The van der Waals surface area contributed by atoms with Crippen LogP contribution >= 0.6 is 0 Å². The first-order valence-electron chi connectivity index (χ1n) is 6.39. The Balaban J connectivity index is 2.01. The maximum absolute atomic E-state index is 12.2. The van der Waals surface area contributed by atoms with E-state index in [-0.39, 0.29) is 5.41 Å². The Bertz CT molecular complexity index is 400. The molecule has 0 aliphatic heterocycles. The minimum Gasteiger partial charge on any atom is -0.294 e. The molecule has 2 atom stereocenters. The average Bonchev–Trinajstić information content (AvgIpc) is 2.57. The highest BCUT2D eigenvalue weighted by Crippen LogP contribution is 2.51. The second-order valence-electron chi connectivity index (χ2n) is 5.29. The molecular formula is C15H18O. The quantitative estimate of drug-likeness (QED) is 0.602. The van der Waals surface area contributed by atoms with Crippen molar-refractivity contribution in [3.63, 3.8) is 0 Å². The zero-order valence-electron chi connectivity index (χ0n) is 9.61. The molecule has 1 fully saturated rings. The van der Waals surface area contributed by atoms with Crippen LogP contribution in [0.15, 0.2) is 36.0 Å². The zero-order valence-corrected chi connectivity index (χ0v) is 9.61. The molecule has 0 heterocycles. The topological polar surface area (TPSA) is 17.1 Å². The van der Waals surface area contributed by atoms with Crippen LogP contribution in [0.3, 0.4) is 0 Å². The smallest absolute Gasteiger partial charge is 0.162 e. The van der Waals surface area contributed by atoms with Crippen LogP contribution < -0.4 is 0 Å². The second kappa shape index (κ2) is 3.73. The maximum atomic E-state index is 12.2. The van der Waals surface area contributed by atoms with Gasteiger partial charge in [0, 0.05) is 5.41 Å². The van der Waals surface area contributed by atoms with Gasteiger partial charge in [0.25, 0.3) is 0 Å². The first-order valence-corrected chi connectivity index (χ1v) is 6.39. The Morgan fingerprint density at radius 1 is 1.25 bits per heavy atom. The molecule has 84 valence electrons. The van der Waals surface area contributed by atoms with Crippen molar-refractivity contribution in [2.75, 3.05) is 0 Å². The number of ketones is 1. The zero-order chi connectivity index (χ0) is 11.0. The minimum atomic E-state index is -0.0624. The van der Waals surface area contributed by atoms with Crippen LogP contribution in [0, 0.1) is 11.3 Å². The normalized spacial score (nSPS) is 37.4. The number of hydrogen-bond donors (Lipinski definition) is 0. The van der Waals surface area contributed by atoms with Gasteiger partial charge >= 0.3 is 0 Å². The van der Waals surface area contributed by atoms with Gasteiger partial charge in [-0.2, -0.15) is 0 Å². The average molecular weight is 214 g/mol. The predicted molar refractivity (Wildman–Crippen MR) is 65.0 cm³/mol. The van der Waals surface area contributed by atoms with Crippen molar-refractivity contribution in [3.8, 4) is 0 Å². The van der Waals surface area contributed by atoms with Crippen molar-refractivity contribution in [2.24, 2.45) is 11.3 Å². The molecule has 3 aliphatic carbocycles. The number of carbonyl (C=O) groups is 1. The molecule has 0 bridgehead atoms. The van der Waals surface area contributed by atoms with Crippen molar-refractivity contribution in [1.82, 2.24) is 0 Å². The van der Waals surface area contributed by atoms with Gasteiger partial charge in [-0.1, -0.05) is 36.3 Å². The van der Waals surface area contributed by atoms with Crippen LogP contribution in [-0.2, 0) is 4.79 Å². The first kappa shape index (κ1) is 10.1. The third-order valence-corrected chi connectivity index (χ3v) is 4.51. The van der Waals surface area contributed by atoms with E-state index in [0.717, 1.165) is 19.3 Å². The SMILES string of the molecule is O=C1C=CCC12CCCCC1=CC=CCC12. The van der Waals surface area contributed by atoms with Crippen LogP contribution in [0.25, 0.3) is 0 Å². The molecule has 0 aromatic rings. The lowest BCUT2D eigenvalue weighted by Crippen LogP contribution is -2.35. The molecule has 16 heavy (non-hydrogen) atoms. The molecule has 0 amide bonds. The Labute approximate surface area is 96.9 Å². The van der Waals surface area contributed by atoms with Gasteiger partial charge in [0.1, 0.15) is 0 Å². The summed E-state index contributed by atoms with van der Waals surface area (Å²) in [5.74, 6) is 0.878. The lowest BCUT2D eigenvalue weighted by molar-refractivity contribution is -0.125. The molecular weight excluding hydrogens is 196 g/mol. The molecule has 2 unspecified atom stereocenters. The van der Waals surface area contributed by atoms with Crippen molar-refractivity contribution in [2.45, 2.75) is 38.5 Å². The van der Waals surface area contributed by atoms with E-state index in [1.165, 1.54) is 24.8 Å². The Morgan fingerprint density at radius 3 is 3.00 bits per heavy atom. The highest BCUT2D eigenvalue weighted by molar-refractivity contribution is 5.97. The molecule has 0 radical (unpaired) electrons. The summed E-state index contributed by atoms with van der Waals surface area (Å²) in [4.78, 5) is 12.2. The van der Waals surface area contributed by atoms with Crippen molar-refractivity contribution in [1.29, 1.82) is 0 Å². The van der Waals surface area contributed by atoms with Crippen LogP contribution in [0.2, 0.25) is 0 Å². The summed E-state index contributed by atoms with van der Waals surface area (Å²) in [6.45, 7) is 0. The molecule has 3 rings (SSSR count). The number of rotatable bonds is 0. The molecule has 1 heteroatoms. The van der Waals surface area contributed by atoms with E-state index < -0.39 is 0 Å². The fourth-order valence-corrected chi connectivity index (χ4v) is 3.64. The standard InChI is InChI=1S/C15H18O/c16-14-9-5-11-15(14)10-4-3-7-12-6-1-2-8-13(12)15/h1-2,5-6,9,13H,3-4,7-8,10-11H2. The molecule has 0 aromatic carbocycles. The molecule has 0 N–H and O–H groups in total. The van der Waals surface area contributed by atoms with Gasteiger partial charge in [-0.05, 0) is 44.1 Å². The number of carbonyl (C=O) groups excluding carboxylic acids is 1. The largest absolute Gasteiger partial charge is 0.294 e. The van der Waals surface area contributed by atoms with Gasteiger partial charge in [-0.25, -0.2) is 0 Å². The predicted octanol–water partition coefficient (Wildman–Crippen LogP) is 3.58. The fourth-order valence-electron chi connectivity index (χ4n) is 3.64. The highest BCUT2D eigenvalue weighted by Gasteiger charge is 2.47. The second-order valence-corrected chi connectivity index (χ2v) is 5.29. The molecule has 1 spiro atoms. The number of fused-ring (bicyclic) bond motifs is 2. The van der Waals surface area contributed by atoms with E-state index in [1.54, 1.807) is 0 Å². The molecule has 3 aliphatic rings. The summed E-state index contributed by atoms with van der Waals surface area (Å²) < 4.78 is 0. The van der Waals surface area contributed by atoms with E-state index in [4.69, 9.17) is 0 Å². The van der Waals surface area contributed by atoms with Crippen LogP contribution in [0.5, 0.6) is 0 Å². The summed E-state index contributed by atoms with van der Waals surface area (Å²) >= 11 is 0. The summed E-state index contributed by atoms with van der Waals surface area (Å²) in [5, 5.41) is 0. The van der Waals surface area contributed by atoms with Crippen molar-refractivity contribution >= 4 is 5.78 Å². The van der Waals surface area contributed by atoms with E-state index >= 15 is 0 Å². The third-order valence-electron chi connectivity index (χ3n) is 4.51.